The molecule has 21 nitrogen and oxygen atoms in total. The van der Waals surface area contributed by atoms with Gasteiger partial charge in [0.05, 0.1) is 49.5 Å². The first-order valence-electron chi connectivity index (χ1n) is 21.9. The number of hydrogen-bond acceptors (Lipinski definition) is 19. The zero-order valence-corrected chi connectivity index (χ0v) is 38.6. The van der Waals surface area contributed by atoms with Gasteiger partial charge in [0.1, 0.15) is 42.4 Å². The summed E-state index contributed by atoms with van der Waals surface area (Å²) >= 11 is 2.59. The van der Waals surface area contributed by atoms with Crippen molar-refractivity contribution in [3.8, 4) is 5.75 Å². The first-order valence-corrected chi connectivity index (χ1v) is 24.2. The fourth-order valence-corrected chi connectivity index (χ4v) is 8.15. The number of ketones is 1. The van der Waals surface area contributed by atoms with Gasteiger partial charge in [-0.05, 0) is 62.0 Å². The number of nitrogens with two attached hydrogens (primary N) is 1. The van der Waals surface area contributed by atoms with Crippen LogP contribution in [0.3, 0.4) is 0 Å². The van der Waals surface area contributed by atoms with Crippen molar-refractivity contribution < 1.29 is 78.7 Å². The van der Waals surface area contributed by atoms with Crippen molar-refractivity contribution >= 4 is 52.9 Å². The van der Waals surface area contributed by atoms with E-state index in [-0.39, 0.29) is 72.7 Å². The van der Waals surface area contributed by atoms with E-state index in [0.717, 1.165) is 5.56 Å². The Kier molecular flexibility index (Phi) is 26.1. The average molecular weight is 964 g/mol. The number of rotatable bonds is 31. The minimum atomic E-state index is -1.55. The van der Waals surface area contributed by atoms with E-state index >= 15 is 0 Å². The number of amides is 4. The molecule has 23 heteroatoms. The van der Waals surface area contributed by atoms with Gasteiger partial charge in [-0.1, -0.05) is 26.0 Å². The van der Waals surface area contributed by atoms with E-state index in [1.54, 1.807) is 38.1 Å². The first-order chi connectivity index (χ1) is 31.0. The Balaban J connectivity index is 1.26. The van der Waals surface area contributed by atoms with Crippen molar-refractivity contribution in [2.24, 2.45) is 11.7 Å². The van der Waals surface area contributed by atoms with Crippen LogP contribution in [0.4, 0.5) is 0 Å². The molecular weight excluding hydrogens is 895 g/mol. The maximum atomic E-state index is 12.8. The molecule has 65 heavy (non-hydrogen) atoms. The van der Waals surface area contributed by atoms with E-state index in [0.29, 0.717) is 63.2 Å². The third-order valence-corrected chi connectivity index (χ3v) is 12.5. The molecule has 13 N–H and O–H groups in total. The zero-order chi connectivity index (χ0) is 47.9. The van der Waals surface area contributed by atoms with Crippen LogP contribution in [0, 0.1) is 5.92 Å². The summed E-state index contributed by atoms with van der Waals surface area (Å²) in [5, 5.41) is 80.3. The highest BCUT2D eigenvalue weighted by molar-refractivity contribution is 8.00. The zero-order valence-electron chi connectivity index (χ0n) is 37.0. The van der Waals surface area contributed by atoms with E-state index in [1.807, 2.05) is 0 Å². The quantitative estimate of drug-likeness (QED) is 0.0331. The lowest BCUT2D eigenvalue weighted by Crippen LogP contribution is -2.62. The van der Waals surface area contributed by atoms with E-state index in [4.69, 9.17) is 29.8 Å². The summed E-state index contributed by atoms with van der Waals surface area (Å²) in [6.07, 6.45) is -8.90. The Labute approximate surface area is 387 Å². The summed E-state index contributed by atoms with van der Waals surface area (Å²) in [6, 6.07) is 5.15. The number of Topliss-reactive ketones (excluding diaryl/α,β-unsaturated/α-hetero) is 1. The lowest BCUT2D eigenvalue weighted by atomic mass is 9.97. The lowest BCUT2D eigenvalue weighted by Gasteiger charge is -2.42. The van der Waals surface area contributed by atoms with Crippen molar-refractivity contribution in [2.75, 3.05) is 62.5 Å². The number of hydrogen-bond donors (Lipinski definition) is 12. The van der Waals surface area contributed by atoms with Crippen LogP contribution >= 0.6 is 23.5 Å². The molecule has 1 aromatic rings. The number of nitrogens with one attached hydrogen (secondary N) is 4. The number of benzene rings is 1. The second-order valence-electron chi connectivity index (χ2n) is 16.1. The SMILES string of the molecule is CC(C)C(=O)C(CCCNC(=O)CSCCCC(=O)NCCc1ccc(OC2OC(CO)C(O)C(OC3OCC(O)C3O)C2O)cc1)NC(=O)C(N)CCCNC(=O)CSCC(O)CO. The van der Waals surface area contributed by atoms with Gasteiger partial charge < -0.3 is 81.7 Å². The van der Waals surface area contributed by atoms with E-state index in [2.05, 4.69) is 21.3 Å². The molecule has 0 radical (unpaired) electrons. The van der Waals surface area contributed by atoms with Gasteiger partial charge in [0, 0.05) is 37.7 Å². The smallest absolute Gasteiger partial charge is 0.237 e. The summed E-state index contributed by atoms with van der Waals surface area (Å²) in [5.74, 6) is -0.0550. The Morgan fingerprint density at radius 2 is 1.48 bits per heavy atom. The van der Waals surface area contributed by atoms with Crippen LogP contribution in [0.5, 0.6) is 5.75 Å². The summed E-state index contributed by atoms with van der Waals surface area (Å²) in [5.41, 5.74) is 6.95. The van der Waals surface area contributed by atoms with Gasteiger partial charge in [-0.15, -0.1) is 11.8 Å². The molecule has 3 rings (SSSR count). The van der Waals surface area contributed by atoms with Crippen molar-refractivity contribution in [1.82, 2.24) is 21.3 Å². The third kappa shape index (κ3) is 20.3. The molecule has 11 atom stereocenters. The molecule has 2 heterocycles. The minimum absolute atomic E-state index is 0.126. The van der Waals surface area contributed by atoms with Crippen LogP contribution in [-0.2, 0) is 44.6 Å². The molecule has 4 amide bonds. The monoisotopic (exact) mass is 963 g/mol. The molecule has 2 aliphatic rings. The second-order valence-corrected chi connectivity index (χ2v) is 18.3. The largest absolute Gasteiger partial charge is 0.462 e. The molecule has 1 aromatic carbocycles. The second kappa shape index (κ2) is 30.3. The Morgan fingerprint density at radius 3 is 2.09 bits per heavy atom. The fourth-order valence-electron chi connectivity index (χ4n) is 6.58. The first kappa shape index (κ1) is 56.2. The van der Waals surface area contributed by atoms with Crippen molar-refractivity contribution in [3.63, 3.8) is 0 Å². The Bertz CT molecular complexity index is 1600. The molecule has 11 unspecified atom stereocenters. The highest BCUT2D eigenvalue weighted by atomic mass is 32.2. The van der Waals surface area contributed by atoms with Crippen LogP contribution in [0.25, 0.3) is 0 Å². The topological polar surface area (TPSA) is 338 Å². The van der Waals surface area contributed by atoms with Crippen molar-refractivity contribution in [3.05, 3.63) is 29.8 Å². The summed E-state index contributed by atoms with van der Waals surface area (Å²) in [7, 11) is 0. The Hall–Kier alpha value is -3.17. The number of carbonyl (C=O) groups excluding carboxylic acids is 5. The molecule has 370 valence electrons. The van der Waals surface area contributed by atoms with E-state index < -0.39 is 79.9 Å². The fraction of sp³-hybridized carbons (Fsp3) is 0.738. The van der Waals surface area contributed by atoms with E-state index in [9.17, 15) is 54.6 Å². The highest BCUT2D eigenvalue weighted by Gasteiger charge is 2.49. The third-order valence-electron chi connectivity index (χ3n) is 10.4. The van der Waals surface area contributed by atoms with Crippen LogP contribution in [-0.4, -0.2) is 195 Å². The predicted octanol–water partition coefficient (Wildman–Crippen LogP) is -2.94. The lowest BCUT2D eigenvalue weighted by molar-refractivity contribution is -0.313. The van der Waals surface area contributed by atoms with Gasteiger partial charge in [0.25, 0.3) is 0 Å². The number of carbonyl (C=O) groups is 5. The van der Waals surface area contributed by atoms with Crippen molar-refractivity contribution in [1.29, 1.82) is 0 Å². The van der Waals surface area contributed by atoms with Gasteiger partial charge >= 0.3 is 0 Å². The molecule has 0 bridgehead atoms. The van der Waals surface area contributed by atoms with E-state index in [1.165, 1.54) is 23.5 Å². The summed E-state index contributed by atoms with van der Waals surface area (Å²) in [6.45, 7) is 3.28. The maximum absolute atomic E-state index is 12.8. The van der Waals surface area contributed by atoms with Gasteiger partial charge in [-0.25, -0.2) is 0 Å². The number of aliphatic hydroxyl groups excluding tert-OH is 7. The molecule has 2 saturated heterocycles. The summed E-state index contributed by atoms with van der Waals surface area (Å²) < 4.78 is 22.1. The number of thioether (sulfide) groups is 2. The highest BCUT2D eigenvalue weighted by Crippen LogP contribution is 2.29. The normalized spacial score (nSPS) is 24.5. The molecule has 2 fully saturated rings. The molecule has 0 spiro atoms. The van der Waals surface area contributed by atoms with Gasteiger partial charge in [-0.3, -0.25) is 24.0 Å². The minimum Gasteiger partial charge on any atom is -0.462 e. The van der Waals surface area contributed by atoms with Gasteiger partial charge in [-0.2, -0.15) is 11.8 Å². The van der Waals surface area contributed by atoms with Crippen molar-refractivity contribution in [2.45, 2.75) is 126 Å². The molecular formula is C42H69N5O16S2. The molecule has 0 aromatic heterocycles. The van der Waals surface area contributed by atoms with Gasteiger partial charge in [0.2, 0.25) is 29.9 Å². The summed E-state index contributed by atoms with van der Waals surface area (Å²) in [4.78, 5) is 62.4. The molecule has 0 aliphatic carbocycles. The van der Waals surface area contributed by atoms with Gasteiger partial charge in [0.15, 0.2) is 12.1 Å². The molecule has 0 saturated carbocycles. The number of aliphatic hydroxyl groups is 7. The standard InChI is InChI=1S/C42H69N5O16S2/c1-24(2)35(55)29(47-40(59)28(43)6-3-14-44-34(54)23-65-21-26(50)18-48)7-4-15-45-33(53)22-64-17-5-8-32(52)46-16-13-25-9-11-27(12-10-25)61-42-38(58)39(37(57)31(19-49)62-42)63-41-36(56)30(51)20-60-41/h9-12,24,26,28-31,36-39,41-42,48-51,56-58H,3-8,13-23,43H2,1-2H3,(H,44,54)(H,45,53)(H,46,52)(H,47,59). The van der Waals surface area contributed by atoms with Crippen LogP contribution in [0.1, 0.15) is 57.9 Å². The van der Waals surface area contributed by atoms with Crippen LogP contribution < -0.4 is 31.7 Å². The maximum Gasteiger partial charge on any atom is 0.237 e. The average Bonchev–Trinajstić information content (AvgIpc) is 3.60. The number of ether oxygens (including phenoxy) is 4. The van der Waals surface area contributed by atoms with Crippen LogP contribution in [0.2, 0.25) is 0 Å². The predicted molar refractivity (Wildman–Crippen MR) is 239 cm³/mol. The Morgan fingerprint density at radius 1 is 0.831 bits per heavy atom. The molecule has 2 aliphatic heterocycles. The van der Waals surface area contributed by atoms with Crippen LogP contribution in [0.15, 0.2) is 24.3 Å².